The van der Waals surface area contributed by atoms with E-state index in [2.05, 4.69) is 5.32 Å². The molecular formula is C17H37NO10Si2. The normalized spacial score (nSPS) is 11.9. The van der Waals surface area contributed by atoms with Crippen LogP contribution in [0.4, 0.5) is 4.79 Å². The zero-order chi connectivity index (χ0) is 22.9. The number of amides is 1. The Morgan fingerprint density at radius 1 is 0.667 bits per heavy atom. The van der Waals surface area contributed by atoms with Gasteiger partial charge in [-0.05, 0) is 19.3 Å². The standard InChI is InChI=1S/C17H37NO10Si2/c1-21-29(22-2,23-3)14-8-7-10-16(19)27-12-13-28-17(20)18-11-9-15-30(24-4,25-5)26-6/h7-15H2,1-6H3,(H,18,20). The molecule has 0 heterocycles. The first-order valence-electron chi connectivity index (χ1n) is 9.73. The highest BCUT2D eigenvalue weighted by Gasteiger charge is 2.37. The Kier molecular flexibility index (Phi) is 16.0. The lowest BCUT2D eigenvalue weighted by Gasteiger charge is -2.24. The first-order chi connectivity index (χ1) is 14.4. The summed E-state index contributed by atoms with van der Waals surface area (Å²) in [6.07, 6.45) is 1.64. The SMILES string of the molecule is CO[Si](CCCCC(=O)OCCOC(=O)NCCC[Si](OC)(OC)OC)(OC)OC. The smallest absolute Gasteiger partial charge is 0.462 e. The van der Waals surface area contributed by atoms with Crippen LogP contribution in [0.3, 0.4) is 0 Å². The minimum absolute atomic E-state index is 0.00615. The molecule has 0 bridgehead atoms. The second-order valence-electron chi connectivity index (χ2n) is 6.18. The van der Waals surface area contributed by atoms with Gasteiger partial charge in [0.2, 0.25) is 0 Å². The Hall–Kier alpha value is -1.07. The zero-order valence-corrected chi connectivity index (χ0v) is 20.9. The first kappa shape index (κ1) is 28.9. The van der Waals surface area contributed by atoms with E-state index in [0.717, 1.165) is 6.42 Å². The molecule has 0 aromatic carbocycles. The van der Waals surface area contributed by atoms with Crippen LogP contribution in [0.25, 0.3) is 0 Å². The van der Waals surface area contributed by atoms with Crippen molar-refractivity contribution in [2.45, 2.75) is 37.8 Å². The number of ether oxygens (including phenoxy) is 2. The van der Waals surface area contributed by atoms with Gasteiger partial charge < -0.3 is 41.3 Å². The molecule has 13 heteroatoms. The number of hydrogen-bond acceptors (Lipinski definition) is 10. The molecule has 0 aromatic heterocycles. The number of unbranched alkanes of at least 4 members (excludes halogenated alkanes) is 1. The maximum Gasteiger partial charge on any atom is 0.500 e. The fourth-order valence-electron chi connectivity index (χ4n) is 2.63. The summed E-state index contributed by atoms with van der Waals surface area (Å²) in [5.74, 6) is -0.349. The molecule has 30 heavy (non-hydrogen) atoms. The molecule has 0 atom stereocenters. The van der Waals surface area contributed by atoms with Gasteiger partial charge >= 0.3 is 29.7 Å². The van der Waals surface area contributed by atoms with E-state index in [1.807, 2.05) is 0 Å². The molecule has 0 saturated carbocycles. The van der Waals surface area contributed by atoms with E-state index in [4.69, 9.17) is 36.0 Å². The minimum atomic E-state index is -2.63. The summed E-state index contributed by atoms with van der Waals surface area (Å²) < 4.78 is 41.9. The zero-order valence-electron chi connectivity index (χ0n) is 18.9. The van der Waals surface area contributed by atoms with Gasteiger partial charge in [-0.1, -0.05) is 0 Å². The van der Waals surface area contributed by atoms with Gasteiger partial charge in [0.25, 0.3) is 0 Å². The third-order valence-corrected chi connectivity index (χ3v) is 10.2. The van der Waals surface area contributed by atoms with Crippen LogP contribution < -0.4 is 5.32 Å². The largest absolute Gasteiger partial charge is 0.500 e. The summed E-state index contributed by atoms with van der Waals surface area (Å²) >= 11 is 0. The van der Waals surface area contributed by atoms with E-state index in [0.29, 0.717) is 31.5 Å². The monoisotopic (exact) mass is 471 g/mol. The van der Waals surface area contributed by atoms with E-state index in [9.17, 15) is 9.59 Å². The van der Waals surface area contributed by atoms with E-state index in [-0.39, 0.29) is 25.6 Å². The van der Waals surface area contributed by atoms with Crippen LogP contribution in [0, 0.1) is 0 Å². The number of hydrogen-bond donors (Lipinski definition) is 1. The number of nitrogens with one attached hydrogen (secondary N) is 1. The highest BCUT2D eigenvalue weighted by molar-refractivity contribution is 6.60. The van der Waals surface area contributed by atoms with Crippen LogP contribution >= 0.6 is 0 Å². The fourth-order valence-corrected chi connectivity index (χ4v) is 6.15. The van der Waals surface area contributed by atoms with Crippen molar-refractivity contribution in [2.24, 2.45) is 0 Å². The lowest BCUT2D eigenvalue weighted by molar-refractivity contribution is -0.144. The summed E-state index contributed by atoms with van der Waals surface area (Å²) in [7, 11) is 4.04. The van der Waals surface area contributed by atoms with E-state index in [1.54, 1.807) is 21.3 Å². The fraction of sp³-hybridized carbons (Fsp3) is 0.882. The highest BCUT2D eigenvalue weighted by atomic mass is 28.4. The van der Waals surface area contributed by atoms with Gasteiger partial charge in [-0.2, -0.15) is 0 Å². The molecule has 0 saturated heterocycles. The van der Waals surface area contributed by atoms with Crippen molar-refractivity contribution in [3.05, 3.63) is 0 Å². The number of rotatable bonds is 18. The Morgan fingerprint density at radius 2 is 1.13 bits per heavy atom. The van der Waals surface area contributed by atoms with Gasteiger partial charge in [0.15, 0.2) is 0 Å². The Balaban J connectivity index is 3.79. The third-order valence-electron chi connectivity index (χ3n) is 4.49. The number of carbonyl (C=O) groups excluding carboxylic acids is 2. The molecule has 0 aliphatic rings. The Bertz CT molecular complexity index is 417. The van der Waals surface area contributed by atoms with Gasteiger partial charge in [-0.25, -0.2) is 4.79 Å². The third kappa shape index (κ3) is 11.4. The van der Waals surface area contributed by atoms with Crippen LogP contribution in [0.2, 0.25) is 12.1 Å². The van der Waals surface area contributed by atoms with E-state index < -0.39 is 23.7 Å². The molecule has 0 aliphatic heterocycles. The molecule has 0 unspecified atom stereocenters. The van der Waals surface area contributed by atoms with Crippen molar-refractivity contribution >= 4 is 29.7 Å². The molecule has 11 nitrogen and oxygen atoms in total. The second kappa shape index (κ2) is 16.6. The average molecular weight is 472 g/mol. The van der Waals surface area contributed by atoms with Crippen molar-refractivity contribution < 1.29 is 45.6 Å². The van der Waals surface area contributed by atoms with Crippen LogP contribution in [-0.4, -0.2) is 92.1 Å². The highest BCUT2D eigenvalue weighted by Crippen LogP contribution is 2.17. The maximum absolute atomic E-state index is 11.7. The Morgan fingerprint density at radius 3 is 1.63 bits per heavy atom. The first-order valence-corrected chi connectivity index (χ1v) is 13.6. The maximum atomic E-state index is 11.7. The molecule has 0 radical (unpaired) electrons. The van der Waals surface area contributed by atoms with Crippen LogP contribution in [0.1, 0.15) is 25.7 Å². The summed E-state index contributed by atoms with van der Waals surface area (Å²) in [6.45, 7) is 0.377. The van der Waals surface area contributed by atoms with Crippen molar-refractivity contribution in [2.75, 3.05) is 62.4 Å². The van der Waals surface area contributed by atoms with Gasteiger partial charge in [0.05, 0.1) is 0 Å². The Labute approximate surface area is 181 Å². The van der Waals surface area contributed by atoms with Crippen LogP contribution in [0.5, 0.6) is 0 Å². The molecule has 0 spiro atoms. The summed E-state index contributed by atoms with van der Waals surface area (Å²) in [5.41, 5.74) is 0. The number of esters is 1. The molecule has 1 N–H and O–H groups in total. The molecule has 178 valence electrons. The molecule has 0 rings (SSSR count). The lowest BCUT2D eigenvalue weighted by Crippen LogP contribution is -2.43. The second-order valence-corrected chi connectivity index (χ2v) is 12.4. The van der Waals surface area contributed by atoms with Crippen molar-refractivity contribution in [3.8, 4) is 0 Å². The minimum Gasteiger partial charge on any atom is -0.462 e. The van der Waals surface area contributed by atoms with E-state index >= 15 is 0 Å². The molecular weight excluding hydrogens is 434 g/mol. The molecule has 0 fully saturated rings. The average Bonchev–Trinajstić information content (AvgIpc) is 2.78. The van der Waals surface area contributed by atoms with Gasteiger partial charge in [-0.15, -0.1) is 0 Å². The van der Waals surface area contributed by atoms with Crippen molar-refractivity contribution in [1.29, 1.82) is 0 Å². The number of carbonyl (C=O) groups is 2. The molecule has 1 amide bonds. The predicted octanol–water partition coefficient (Wildman–Crippen LogP) is 1.57. The van der Waals surface area contributed by atoms with Crippen LogP contribution in [-0.2, 0) is 40.8 Å². The van der Waals surface area contributed by atoms with Gasteiger partial charge in [0.1, 0.15) is 13.2 Å². The van der Waals surface area contributed by atoms with E-state index in [1.165, 1.54) is 21.3 Å². The van der Waals surface area contributed by atoms with Crippen molar-refractivity contribution in [1.82, 2.24) is 5.32 Å². The number of alkyl carbamates (subject to hydrolysis) is 1. The van der Waals surface area contributed by atoms with Crippen LogP contribution in [0.15, 0.2) is 0 Å². The quantitative estimate of drug-likeness (QED) is 0.179. The van der Waals surface area contributed by atoms with Gasteiger partial charge in [-0.3, -0.25) is 4.79 Å². The topological polar surface area (TPSA) is 120 Å². The van der Waals surface area contributed by atoms with Gasteiger partial charge in [0, 0.05) is 67.7 Å². The summed E-state index contributed by atoms with van der Waals surface area (Å²) in [5, 5.41) is 2.61. The predicted molar refractivity (Wildman–Crippen MR) is 112 cm³/mol. The summed E-state index contributed by atoms with van der Waals surface area (Å²) in [6, 6.07) is 1.19. The summed E-state index contributed by atoms with van der Waals surface area (Å²) in [4.78, 5) is 23.3. The molecule has 0 aliphatic carbocycles. The molecule has 0 aromatic rings. The van der Waals surface area contributed by atoms with Crippen molar-refractivity contribution in [3.63, 3.8) is 0 Å². The lowest BCUT2D eigenvalue weighted by atomic mass is 10.2.